The van der Waals surface area contributed by atoms with Gasteiger partial charge in [0, 0.05) is 13.2 Å². The Hall–Kier alpha value is -2.50. The van der Waals surface area contributed by atoms with E-state index >= 15 is 0 Å². The summed E-state index contributed by atoms with van der Waals surface area (Å²) in [7, 11) is 1.68. The van der Waals surface area contributed by atoms with Gasteiger partial charge in [-0.25, -0.2) is 14.4 Å². The summed E-state index contributed by atoms with van der Waals surface area (Å²) in [6.45, 7) is 1.76. The molecule has 0 aliphatic carbocycles. The predicted molar refractivity (Wildman–Crippen MR) is 75.1 cm³/mol. The van der Waals surface area contributed by atoms with Crippen LogP contribution in [0.3, 0.4) is 0 Å². The van der Waals surface area contributed by atoms with E-state index in [2.05, 4.69) is 9.97 Å². The lowest BCUT2D eigenvalue weighted by Gasteiger charge is -2.24. The molecule has 1 amide bonds. The van der Waals surface area contributed by atoms with Crippen LogP contribution >= 0.6 is 0 Å². The Morgan fingerprint density at radius 2 is 2.05 bits per heavy atom. The molecule has 0 spiro atoms. The normalized spacial score (nSPS) is 11.8. The summed E-state index contributed by atoms with van der Waals surface area (Å²) in [5.41, 5.74) is 0.752. The third-order valence-corrected chi connectivity index (χ3v) is 3.18. The lowest BCUT2D eigenvalue weighted by atomic mass is 10.2. The van der Waals surface area contributed by atoms with Crippen molar-refractivity contribution in [1.29, 1.82) is 0 Å². The molecule has 0 saturated heterocycles. The van der Waals surface area contributed by atoms with Crippen molar-refractivity contribution in [3.63, 3.8) is 0 Å². The largest absolute Gasteiger partial charge is 0.484 e. The first kappa shape index (κ1) is 14.9. The lowest BCUT2D eigenvalue weighted by Crippen LogP contribution is -2.34. The molecular formula is C15H16FN3O2. The number of aromatic nitrogens is 2. The highest BCUT2D eigenvalue weighted by atomic mass is 19.1. The van der Waals surface area contributed by atoms with Crippen molar-refractivity contribution in [2.75, 3.05) is 13.7 Å². The highest BCUT2D eigenvalue weighted by Gasteiger charge is 2.18. The molecular weight excluding hydrogens is 273 g/mol. The van der Waals surface area contributed by atoms with Crippen LogP contribution in [0.5, 0.6) is 5.75 Å². The molecule has 2 rings (SSSR count). The average Bonchev–Trinajstić information content (AvgIpc) is 2.53. The van der Waals surface area contributed by atoms with Gasteiger partial charge in [-0.15, -0.1) is 0 Å². The third kappa shape index (κ3) is 3.98. The molecule has 0 N–H and O–H groups in total. The van der Waals surface area contributed by atoms with Crippen LogP contribution in [0, 0.1) is 5.82 Å². The van der Waals surface area contributed by atoms with E-state index in [9.17, 15) is 9.18 Å². The van der Waals surface area contributed by atoms with Gasteiger partial charge in [0.15, 0.2) is 6.61 Å². The van der Waals surface area contributed by atoms with Gasteiger partial charge in [0.1, 0.15) is 17.9 Å². The Labute approximate surface area is 122 Å². The van der Waals surface area contributed by atoms with E-state index in [0.717, 1.165) is 5.69 Å². The molecule has 2 aromatic rings. The van der Waals surface area contributed by atoms with E-state index < -0.39 is 0 Å². The Morgan fingerprint density at radius 1 is 1.33 bits per heavy atom. The quantitative estimate of drug-likeness (QED) is 0.847. The van der Waals surface area contributed by atoms with Gasteiger partial charge >= 0.3 is 0 Å². The first-order chi connectivity index (χ1) is 10.1. The number of amides is 1. The topological polar surface area (TPSA) is 55.3 Å². The van der Waals surface area contributed by atoms with Crippen LogP contribution in [0.1, 0.15) is 18.7 Å². The van der Waals surface area contributed by atoms with Gasteiger partial charge in [-0.05, 0) is 37.3 Å². The maximum absolute atomic E-state index is 12.8. The molecule has 21 heavy (non-hydrogen) atoms. The Kier molecular flexibility index (Phi) is 4.81. The van der Waals surface area contributed by atoms with E-state index in [1.165, 1.54) is 30.6 Å². The smallest absolute Gasteiger partial charge is 0.260 e. The number of halogens is 1. The number of likely N-dealkylation sites (N-methyl/N-ethyl adjacent to an activating group) is 1. The van der Waals surface area contributed by atoms with Crippen molar-refractivity contribution in [2.24, 2.45) is 0 Å². The number of carbonyl (C=O) groups is 1. The highest BCUT2D eigenvalue weighted by molar-refractivity contribution is 5.77. The Bertz CT molecular complexity index is 590. The van der Waals surface area contributed by atoms with Crippen molar-refractivity contribution in [2.45, 2.75) is 13.0 Å². The first-order valence-electron chi connectivity index (χ1n) is 6.48. The molecule has 110 valence electrons. The summed E-state index contributed by atoms with van der Waals surface area (Å²) in [5, 5.41) is 0. The summed E-state index contributed by atoms with van der Waals surface area (Å²) < 4.78 is 18.1. The van der Waals surface area contributed by atoms with Gasteiger partial charge in [-0.2, -0.15) is 0 Å². The molecule has 1 atom stereocenters. The van der Waals surface area contributed by atoms with Gasteiger partial charge < -0.3 is 9.64 Å². The Balaban J connectivity index is 1.92. The summed E-state index contributed by atoms with van der Waals surface area (Å²) in [5.74, 6) is -0.0820. The van der Waals surface area contributed by atoms with E-state index in [-0.39, 0.29) is 24.4 Å². The number of hydrogen-bond donors (Lipinski definition) is 0. The second kappa shape index (κ2) is 6.78. The SMILES string of the molecule is C[C@@H](c1ccncn1)N(C)C(=O)COc1ccc(F)cc1. The number of rotatable bonds is 5. The maximum Gasteiger partial charge on any atom is 0.260 e. The Morgan fingerprint density at radius 3 is 2.67 bits per heavy atom. The van der Waals surface area contributed by atoms with E-state index in [1.807, 2.05) is 6.92 Å². The number of hydrogen-bond acceptors (Lipinski definition) is 4. The van der Waals surface area contributed by atoms with Crippen molar-refractivity contribution < 1.29 is 13.9 Å². The number of nitrogens with zero attached hydrogens (tertiary/aromatic N) is 3. The zero-order valence-electron chi connectivity index (χ0n) is 11.9. The van der Waals surface area contributed by atoms with Crippen LogP contribution in [-0.2, 0) is 4.79 Å². The molecule has 6 heteroatoms. The van der Waals surface area contributed by atoms with Crippen molar-refractivity contribution in [3.05, 3.63) is 54.4 Å². The minimum Gasteiger partial charge on any atom is -0.484 e. The summed E-state index contributed by atoms with van der Waals surface area (Å²) in [4.78, 5) is 21.6. The minimum absolute atomic E-state index is 0.114. The van der Waals surface area contributed by atoms with E-state index in [4.69, 9.17) is 4.74 Å². The molecule has 5 nitrogen and oxygen atoms in total. The standard InChI is InChI=1S/C15H16FN3O2/c1-11(14-7-8-17-10-18-14)19(2)15(20)9-21-13-5-3-12(16)4-6-13/h3-8,10-11H,9H2,1-2H3/t11-/m0/s1. The monoisotopic (exact) mass is 289 g/mol. The fourth-order valence-electron chi connectivity index (χ4n) is 1.74. The predicted octanol–water partition coefficient (Wildman–Crippen LogP) is 2.21. The first-order valence-corrected chi connectivity index (χ1v) is 6.48. The zero-order valence-corrected chi connectivity index (χ0v) is 11.9. The van der Waals surface area contributed by atoms with Crippen molar-refractivity contribution >= 4 is 5.91 Å². The van der Waals surface area contributed by atoms with Crippen LogP contribution < -0.4 is 4.74 Å². The molecule has 1 aromatic heterocycles. The van der Waals surface area contributed by atoms with Crippen LogP contribution in [-0.4, -0.2) is 34.4 Å². The van der Waals surface area contributed by atoms with E-state index in [1.54, 1.807) is 24.2 Å². The molecule has 0 aliphatic rings. The lowest BCUT2D eigenvalue weighted by molar-refractivity contribution is -0.134. The molecule has 0 bridgehead atoms. The van der Waals surface area contributed by atoms with Crippen LogP contribution in [0.25, 0.3) is 0 Å². The molecule has 0 unspecified atom stereocenters. The fraction of sp³-hybridized carbons (Fsp3) is 0.267. The second-order valence-electron chi connectivity index (χ2n) is 4.56. The van der Waals surface area contributed by atoms with Crippen molar-refractivity contribution in [1.82, 2.24) is 14.9 Å². The van der Waals surface area contributed by atoms with Gasteiger partial charge in [0.05, 0.1) is 11.7 Å². The molecule has 1 heterocycles. The summed E-state index contributed by atoms with van der Waals surface area (Å²) >= 11 is 0. The maximum atomic E-state index is 12.8. The van der Waals surface area contributed by atoms with E-state index in [0.29, 0.717) is 5.75 Å². The number of benzene rings is 1. The van der Waals surface area contributed by atoms with Gasteiger partial charge in [-0.1, -0.05) is 0 Å². The molecule has 0 fully saturated rings. The van der Waals surface area contributed by atoms with Crippen LogP contribution in [0.15, 0.2) is 42.9 Å². The number of carbonyl (C=O) groups excluding carboxylic acids is 1. The average molecular weight is 289 g/mol. The number of ether oxygens (including phenoxy) is 1. The van der Waals surface area contributed by atoms with Crippen LogP contribution in [0.4, 0.5) is 4.39 Å². The van der Waals surface area contributed by atoms with Gasteiger partial charge in [-0.3, -0.25) is 4.79 Å². The molecule has 0 radical (unpaired) electrons. The highest BCUT2D eigenvalue weighted by Crippen LogP contribution is 2.16. The molecule has 1 aromatic carbocycles. The zero-order chi connectivity index (χ0) is 15.2. The summed E-state index contributed by atoms with van der Waals surface area (Å²) in [6, 6.07) is 7.11. The summed E-state index contributed by atoms with van der Waals surface area (Å²) in [6.07, 6.45) is 3.07. The minimum atomic E-state index is -0.344. The third-order valence-electron chi connectivity index (χ3n) is 3.18. The van der Waals surface area contributed by atoms with Gasteiger partial charge in [0.2, 0.25) is 0 Å². The van der Waals surface area contributed by atoms with Gasteiger partial charge in [0.25, 0.3) is 5.91 Å². The fourth-order valence-corrected chi connectivity index (χ4v) is 1.74. The van der Waals surface area contributed by atoms with Crippen LogP contribution in [0.2, 0.25) is 0 Å². The van der Waals surface area contributed by atoms with Crippen molar-refractivity contribution in [3.8, 4) is 5.75 Å². The second-order valence-corrected chi connectivity index (χ2v) is 4.56. The molecule has 0 saturated carbocycles. The molecule has 0 aliphatic heterocycles.